The van der Waals surface area contributed by atoms with Gasteiger partial charge in [0.05, 0.1) is 6.54 Å². The van der Waals surface area contributed by atoms with Gasteiger partial charge in [0, 0.05) is 13.0 Å². The minimum absolute atomic E-state index is 0.212. The topological polar surface area (TPSA) is 72.9 Å². The van der Waals surface area contributed by atoms with Crippen LogP contribution >= 0.6 is 0 Å². The molecule has 1 rings (SSSR count). The van der Waals surface area contributed by atoms with Gasteiger partial charge >= 0.3 is 18.2 Å². The van der Waals surface area contributed by atoms with Gasteiger partial charge in [-0.05, 0) is 20.8 Å². The quantitative estimate of drug-likeness (QED) is 0.500. The van der Waals surface area contributed by atoms with Crippen LogP contribution in [0, 0.1) is 0 Å². The van der Waals surface area contributed by atoms with Crippen molar-refractivity contribution < 1.29 is 32.6 Å². The second-order valence-electron chi connectivity index (χ2n) is 5.13. The van der Waals surface area contributed by atoms with Crippen LogP contribution < -0.4 is 0 Å². The number of likely N-dealkylation sites (tertiary alicyclic amines) is 1. The summed E-state index contributed by atoms with van der Waals surface area (Å²) >= 11 is 0. The SMILES string of the molecule is CC(C)(C)OC(=O)OC(=O)N1CCC(=O)C(F)(F)C1. The molecule has 6 nitrogen and oxygen atoms in total. The summed E-state index contributed by atoms with van der Waals surface area (Å²) in [7, 11) is 0. The van der Waals surface area contributed by atoms with E-state index in [1.165, 1.54) is 0 Å². The molecule has 19 heavy (non-hydrogen) atoms. The van der Waals surface area contributed by atoms with E-state index in [1.807, 2.05) is 0 Å². The molecule has 0 saturated carbocycles. The highest BCUT2D eigenvalue weighted by molar-refractivity contribution is 5.89. The lowest BCUT2D eigenvalue weighted by molar-refractivity contribution is -0.150. The van der Waals surface area contributed by atoms with Crippen LogP contribution in [0.4, 0.5) is 18.4 Å². The van der Waals surface area contributed by atoms with Crippen molar-refractivity contribution in [3.63, 3.8) is 0 Å². The van der Waals surface area contributed by atoms with E-state index in [0.29, 0.717) is 4.90 Å². The molecule has 0 atom stereocenters. The van der Waals surface area contributed by atoms with Gasteiger partial charge < -0.3 is 14.4 Å². The van der Waals surface area contributed by atoms with Crippen LogP contribution in [0.15, 0.2) is 0 Å². The number of alkyl halides is 2. The number of ether oxygens (including phenoxy) is 2. The number of piperidine rings is 1. The molecule has 1 aliphatic rings. The molecule has 0 spiro atoms. The van der Waals surface area contributed by atoms with E-state index in [1.54, 1.807) is 20.8 Å². The van der Waals surface area contributed by atoms with Gasteiger partial charge in [0.25, 0.3) is 0 Å². The molecule has 0 unspecified atom stereocenters. The molecule has 1 heterocycles. The average Bonchev–Trinajstić information content (AvgIpc) is 2.18. The molecular weight excluding hydrogens is 264 g/mol. The summed E-state index contributed by atoms with van der Waals surface area (Å²) in [5.41, 5.74) is -0.862. The Morgan fingerprint density at radius 2 is 1.89 bits per heavy atom. The molecule has 0 aromatic carbocycles. The van der Waals surface area contributed by atoms with Crippen LogP contribution in [-0.4, -0.2) is 47.5 Å². The number of carbonyl (C=O) groups is 3. The number of hydrogen-bond donors (Lipinski definition) is 0. The first-order chi connectivity index (χ1) is 8.51. The summed E-state index contributed by atoms with van der Waals surface area (Å²) in [6, 6.07) is 0. The number of carbonyl (C=O) groups excluding carboxylic acids is 3. The number of rotatable bonds is 0. The number of hydrogen-bond acceptors (Lipinski definition) is 5. The van der Waals surface area contributed by atoms with E-state index in [-0.39, 0.29) is 6.54 Å². The lowest BCUT2D eigenvalue weighted by Gasteiger charge is -2.30. The summed E-state index contributed by atoms with van der Waals surface area (Å²) in [4.78, 5) is 34.1. The first-order valence-electron chi connectivity index (χ1n) is 5.62. The summed E-state index contributed by atoms with van der Waals surface area (Å²) in [5.74, 6) is -4.83. The molecule has 108 valence electrons. The molecule has 8 heteroatoms. The number of Topliss-reactive ketones (excluding diaryl/α,β-unsaturated/α-hetero) is 1. The van der Waals surface area contributed by atoms with Crippen molar-refractivity contribution in [3.05, 3.63) is 0 Å². The minimum Gasteiger partial charge on any atom is -0.428 e. The predicted octanol–water partition coefficient (Wildman–Crippen LogP) is 1.97. The third-order valence-electron chi connectivity index (χ3n) is 2.22. The van der Waals surface area contributed by atoms with Crippen LogP contribution in [0.25, 0.3) is 0 Å². The van der Waals surface area contributed by atoms with Crippen molar-refractivity contribution in [2.24, 2.45) is 0 Å². The Kier molecular flexibility index (Phi) is 4.12. The van der Waals surface area contributed by atoms with Crippen molar-refractivity contribution in [1.82, 2.24) is 4.90 Å². The molecule has 1 fully saturated rings. The fraction of sp³-hybridized carbons (Fsp3) is 0.727. The van der Waals surface area contributed by atoms with Crippen molar-refractivity contribution in [2.75, 3.05) is 13.1 Å². The van der Waals surface area contributed by atoms with Crippen LogP contribution in [0.2, 0.25) is 0 Å². The Hall–Kier alpha value is -1.73. The fourth-order valence-corrected chi connectivity index (χ4v) is 1.39. The molecule has 1 amide bonds. The first kappa shape index (κ1) is 15.3. The van der Waals surface area contributed by atoms with Gasteiger partial charge in [-0.25, -0.2) is 9.59 Å². The third kappa shape index (κ3) is 4.46. The zero-order valence-electron chi connectivity index (χ0n) is 10.9. The van der Waals surface area contributed by atoms with Gasteiger partial charge in [-0.1, -0.05) is 0 Å². The molecule has 1 saturated heterocycles. The first-order valence-corrected chi connectivity index (χ1v) is 5.62. The van der Waals surface area contributed by atoms with Gasteiger partial charge in [0.15, 0.2) is 0 Å². The number of ketones is 1. The van der Waals surface area contributed by atoms with Crippen LogP contribution in [-0.2, 0) is 14.3 Å². The lowest BCUT2D eigenvalue weighted by atomic mass is 10.1. The summed E-state index contributed by atoms with van der Waals surface area (Å²) < 4.78 is 35.2. The van der Waals surface area contributed by atoms with E-state index in [9.17, 15) is 23.2 Å². The smallest absolute Gasteiger partial charge is 0.428 e. The number of nitrogens with zero attached hydrogens (tertiary/aromatic N) is 1. The van der Waals surface area contributed by atoms with Gasteiger partial charge in [0.2, 0.25) is 5.78 Å². The van der Waals surface area contributed by atoms with Gasteiger partial charge in [-0.3, -0.25) is 4.79 Å². The average molecular weight is 279 g/mol. The van der Waals surface area contributed by atoms with Crippen molar-refractivity contribution in [1.29, 1.82) is 0 Å². The molecular formula is C11H15F2NO5. The highest BCUT2D eigenvalue weighted by Crippen LogP contribution is 2.24. The predicted molar refractivity (Wildman–Crippen MR) is 58.9 cm³/mol. The molecule has 0 N–H and O–H groups in total. The second kappa shape index (κ2) is 5.10. The maximum atomic E-state index is 13.1. The standard InChI is InChI=1S/C11H15F2NO5/c1-10(2,3)19-9(17)18-8(16)14-5-4-7(15)11(12,13)6-14/h4-6H2,1-3H3. The molecule has 0 aromatic heterocycles. The zero-order valence-corrected chi connectivity index (χ0v) is 10.9. The third-order valence-corrected chi connectivity index (χ3v) is 2.22. The Bertz CT molecular complexity index is 402. The normalized spacial score (nSPS) is 19.0. The van der Waals surface area contributed by atoms with E-state index in [0.717, 1.165) is 0 Å². The van der Waals surface area contributed by atoms with Crippen LogP contribution in [0.3, 0.4) is 0 Å². The molecule has 1 aliphatic heterocycles. The number of amides is 1. The van der Waals surface area contributed by atoms with Crippen LogP contribution in [0.5, 0.6) is 0 Å². The van der Waals surface area contributed by atoms with E-state index in [2.05, 4.69) is 4.74 Å². The van der Waals surface area contributed by atoms with Gasteiger partial charge in [-0.15, -0.1) is 0 Å². The Morgan fingerprint density at radius 3 is 2.37 bits per heavy atom. The molecule has 0 bridgehead atoms. The van der Waals surface area contributed by atoms with Gasteiger partial charge in [0.1, 0.15) is 5.60 Å². The highest BCUT2D eigenvalue weighted by atomic mass is 19.3. The maximum absolute atomic E-state index is 13.1. The Balaban J connectivity index is 2.55. The second-order valence-corrected chi connectivity index (χ2v) is 5.13. The Morgan fingerprint density at radius 1 is 1.32 bits per heavy atom. The van der Waals surface area contributed by atoms with Crippen molar-refractivity contribution in [2.45, 2.75) is 38.7 Å². The Labute approximate surface area is 108 Å². The summed E-state index contributed by atoms with van der Waals surface area (Å²) in [6.45, 7) is 3.38. The molecule has 0 aliphatic carbocycles. The van der Waals surface area contributed by atoms with E-state index in [4.69, 9.17) is 4.74 Å². The number of halogens is 2. The zero-order chi connectivity index (χ0) is 14.8. The largest absolute Gasteiger partial charge is 0.517 e. The minimum atomic E-state index is -3.61. The maximum Gasteiger partial charge on any atom is 0.517 e. The molecule has 0 radical (unpaired) electrons. The van der Waals surface area contributed by atoms with E-state index < -0.39 is 42.5 Å². The van der Waals surface area contributed by atoms with Crippen molar-refractivity contribution >= 4 is 18.0 Å². The molecule has 0 aromatic rings. The van der Waals surface area contributed by atoms with Gasteiger partial charge in [-0.2, -0.15) is 8.78 Å². The summed E-state index contributed by atoms with van der Waals surface area (Å²) in [6.07, 6.45) is -2.99. The monoisotopic (exact) mass is 279 g/mol. The van der Waals surface area contributed by atoms with E-state index >= 15 is 0 Å². The fourth-order valence-electron chi connectivity index (χ4n) is 1.39. The highest BCUT2D eigenvalue weighted by Gasteiger charge is 2.45. The lowest BCUT2D eigenvalue weighted by Crippen LogP contribution is -2.51. The summed E-state index contributed by atoms with van der Waals surface area (Å²) in [5, 5.41) is 0. The van der Waals surface area contributed by atoms with Crippen molar-refractivity contribution in [3.8, 4) is 0 Å². The van der Waals surface area contributed by atoms with Crippen LogP contribution in [0.1, 0.15) is 27.2 Å².